The molecule has 1 heterocycles. The molecule has 1 aromatic carbocycles. The number of carbonyl (C=O) groups excluding carboxylic acids is 1. The third kappa shape index (κ3) is 6.45. The molecule has 0 aromatic heterocycles. The average molecular weight is 472 g/mol. The summed E-state index contributed by atoms with van der Waals surface area (Å²) in [6.07, 6.45) is 1.13. The molecule has 146 valence electrons. The molecular weight excluding hydrogens is 439 g/mol. The van der Waals surface area contributed by atoms with Crippen LogP contribution in [0.3, 0.4) is 0 Å². The number of likely N-dealkylation sites (tertiary alicyclic amines) is 1. The van der Waals surface area contributed by atoms with E-state index in [1.807, 2.05) is 20.9 Å². The van der Waals surface area contributed by atoms with Gasteiger partial charge in [-0.3, -0.25) is 9.79 Å². The number of benzene rings is 1. The van der Waals surface area contributed by atoms with Crippen LogP contribution in [0, 0.1) is 11.8 Å². The van der Waals surface area contributed by atoms with E-state index in [0.717, 1.165) is 25.5 Å². The van der Waals surface area contributed by atoms with E-state index in [0.29, 0.717) is 24.9 Å². The highest BCUT2D eigenvalue weighted by Gasteiger charge is 2.28. The number of guanidine groups is 1. The van der Waals surface area contributed by atoms with Crippen molar-refractivity contribution >= 4 is 35.8 Å². The normalized spacial score (nSPS) is 20.5. The molecule has 2 unspecified atom stereocenters. The molecule has 1 aliphatic heterocycles. The molecule has 0 saturated carbocycles. The van der Waals surface area contributed by atoms with Gasteiger partial charge in [-0.05, 0) is 23.8 Å². The first kappa shape index (κ1) is 22.7. The molecular formula is C20H33IN4O. The minimum absolute atomic E-state index is 0. The lowest BCUT2D eigenvalue weighted by Gasteiger charge is -2.39. The molecule has 0 spiro atoms. The summed E-state index contributed by atoms with van der Waals surface area (Å²) < 4.78 is 0. The standard InChI is InChI=1S/C20H32N4O.HI/c1-15(2)19(25)22-11-12-23-20(21-4)24-13-10-18(16(3)14-24)17-8-6-5-7-9-17;/h5-9,15-16,18H,10-14H2,1-4H3,(H,21,23)(H,22,25);1H. The Morgan fingerprint density at radius 2 is 1.88 bits per heavy atom. The maximum absolute atomic E-state index is 11.6. The molecule has 26 heavy (non-hydrogen) atoms. The van der Waals surface area contributed by atoms with Crippen molar-refractivity contribution < 1.29 is 4.79 Å². The van der Waals surface area contributed by atoms with Crippen LogP contribution in [0.2, 0.25) is 0 Å². The number of nitrogens with one attached hydrogen (secondary N) is 2. The summed E-state index contributed by atoms with van der Waals surface area (Å²) >= 11 is 0. The highest BCUT2D eigenvalue weighted by Crippen LogP contribution is 2.32. The quantitative estimate of drug-likeness (QED) is 0.300. The third-order valence-corrected chi connectivity index (χ3v) is 4.88. The van der Waals surface area contributed by atoms with Crippen LogP contribution in [-0.2, 0) is 4.79 Å². The van der Waals surface area contributed by atoms with Crippen molar-refractivity contribution in [2.45, 2.75) is 33.1 Å². The molecule has 2 N–H and O–H groups in total. The van der Waals surface area contributed by atoms with Crippen LogP contribution in [-0.4, -0.2) is 50.0 Å². The number of hydrogen-bond acceptors (Lipinski definition) is 2. The van der Waals surface area contributed by atoms with E-state index in [1.165, 1.54) is 5.56 Å². The lowest BCUT2D eigenvalue weighted by molar-refractivity contribution is -0.123. The van der Waals surface area contributed by atoms with Crippen molar-refractivity contribution in [1.82, 2.24) is 15.5 Å². The lowest BCUT2D eigenvalue weighted by Crippen LogP contribution is -2.49. The lowest BCUT2D eigenvalue weighted by atomic mass is 9.82. The van der Waals surface area contributed by atoms with E-state index in [9.17, 15) is 4.79 Å². The predicted molar refractivity (Wildman–Crippen MR) is 119 cm³/mol. The number of nitrogens with zero attached hydrogens (tertiary/aromatic N) is 2. The Hall–Kier alpha value is -1.31. The molecule has 0 radical (unpaired) electrons. The van der Waals surface area contributed by atoms with Crippen LogP contribution in [0.25, 0.3) is 0 Å². The van der Waals surface area contributed by atoms with Crippen molar-refractivity contribution in [1.29, 1.82) is 0 Å². The zero-order valence-corrected chi connectivity index (χ0v) is 18.7. The van der Waals surface area contributed by atoms with Crippen LogP contribution >= 0.6 is 24.0 Å². The number of hydrogen-bond donors (Lipinski definition) is 2. The molecule has 2 atom stereocenters. The highest BCUT2D eigenvalue weighted by molar-refractivity contribution is 14.0. The SMILES string of the molecule is CN=C(NCCNC(=O)C(C)C)N1CCC(c2ccccc2)C(C)C1.I. The van der Waals surface area contributed by atoms with Crippen molar-refractivity contribution in [3.63, 3.8) is 0 Å². The molecule has 1 aromatic rings. The summed E-state index contributed by atoms with van der Waals surface area (Å²) in [5.74, 6) is 2.24. The van der Waals surface area contributed by atoms with E-state index in [4.69, 9.17) is 0 Å². The number of carbonyl (C=O) groups is 1. The monoisotopic (exact) mass is 472 g/mol. The molecule has 0 bridgehead atoms. The Kier molecular flexibility index (Phi) is 9.98. The molecule has 2 rings (SSSR count). The summed E-state index contributed by atoms with van der Waals surface area (Å²) in [5, 5.41) is 6.30. The smallest absolute Gasteiger partial charge is 0.222 e. The predicted octanol–water partition coefficient (Wildman–Crippen LogP) is 3.08. The van der Waals surface area contributed by atoms with Gasteiger partial charge in [0.15, 0.2) is 5.96 Å². The van der Waals surface area contributed by atoms with E-state index in [-0.39, 0.29) is 35.8 Å². The Labute approximate surface area is 175 Å². The van der Waals surface area contributed by atoms with Gasteiger partial charge in [-0.1, -0.05) is 51.1 Å². The van der Waals surface area contributed by atoms with Crippen molar-refractivity contribution in [2.75, 3.05) is 33.2 Å². The number of rotatable bonds is 5. The molecule has 1 saturated heterocycles. The van der Waals surface area contributed by atoms with Crippen LogP contribution < -0.4 is 10.6 Å². The Bertz CT molecular complexity index is 576. The Morgan fingerprint density at radius 1 is 1.23 bits per heavy atom. The number of halogens is 1. The van der Waals surface area contributed by atoms with Crippen LogP contribution in [0.5, 0.6) is 0 Å². The van der Waals surface area contributed by atoms with Gasteiger partial charge in [0.25, 0.3) is 0 Å². The first-order valence-corrected chi connectivity index (χ1v) is 9.31. The zero-order chi connectivity index (χ0) is 18.2. The van der Waals surface area contributed by atoms with Gasteiger partial charge in [0, 0.05) is 39.1 Å². The fourth-order valence-corrected chi connectivity index (χ4v) is 3.43. The van der Waals surface area contributed by atoms with Crippen molar-refractivity contribution in [3.05, 3.63) is 35.9 Å². The van der Waals surface area contributed by atoms with Gasteiger partial charge in [0.05, 0.1) is 0 Å². The number of piperidine rings is 1. The highest BCUT2D eigenvalue weighted by atomic mass is 127. The summed E-state index contributed by atoms with van der Waals surface area (Å²) in [4.78, 5) is 18.3. The molecule has 0 aliphatic carbocycles. The maximum atomic E-state index is 11.6. The zero-order valence-electron chi connectivity index (χ0n) is 16.4. The summed E-state index contributed by atoms with van der Waals surface area (Å²) in [5.41, 5.74) is 1.44. The summed E-state index contributed by atoms with van der Waals surface area (Å²) in [6, 6.07) is 10.8. The van der Waals surface area contributed by atoms with Crippen molar-refractivity contribution in [2.24, 2.45) is 16.8 Å². The van der Waals surface area contributed by atoms with Crippen molar-refractivity contribution in [3.8, 4) is 0 Å². The Morgan fingerprint density at radius 3 is 2.46 bits per heavy atom. The first-order chi connectivity index (χ1) is 12.0. The Balaban J connectivity index is 0.00000338. The van der Waals surface area contributed by atoms with Gasteiger partial charge in [-0.2, -0.15) is 0 Å². The van der Waals surface area contributed by atoms with E-state index in [1.54, 1.807) is 0 Å². The molecule has 5 nitrogen and oxygen atoms in total. The molecule has 1 aliphatic rings. The molecule has 6 heteroatoms. The molecule has 1 amide bonds. The minimum atomic E-state index is 0. The third-order valence-electron chi connectivity index (χ3n) is 4.88. The molecule has 1 fully saturated rings. The van der Waals surface area contributed by atoms with Gasteiger partial charge < -0.3 is 15.5 Å². The van der Waals surface area contributed by atoms with E-state index >= 15 is 0 Å². The van der Waals surface area contributed by atoms with Crippen LogP contribution in [0.4, 0.5) is 0 Å². The van der Waals surface area contributed by atoms with Gasteiger partial charge in [-0.15, -0.1) is 24.0 Å². The number of aliphatic imine (C=N–C) groups is 1. The second-order valence-corrected chi connectivity index (χ2v) is 7.15. The second kappa shape index (κ2) is 11.4. The second-order valence-electron chi connectivity index (χ2n) is 7.15. The van der Waals surface area contributed by atoms with Gasteiger partial charge in [0.1, 0.15) is 0 Å². The summed E-state index contributed by atoms with van der Waals surface area (Å²) in [6.45, 7) is 9.43. The van der Waals surface area contributed by atoms with Gasteiger partial charge in [-0.25, -0.2) is 0 Å². The fraction of sp³-hybridized carbons (Fsp3) is 0.600. The van der Waals surface area contributed by atoms with Gasteiger partial charge in [0.2, 0.25) is 5.91 Å². The summed E-state index contributed by atoms with van der Waals surface area (Å²) in [7, 11) is 1.82. The van der Waals surface area contributed by atoms with Crippen LogP contribution in [0.1, 0.15) is 38.7 Å². The number of amides is 1. The average Bonchev–Trinajstić information content (AvgIpc) is 2.62. The van der Waals surface area contributed by atoms with E-state index in [2.05, 4.69) is 57.8 Å². The van der Waals surface area contributed by atoms with E-state index < -0.39 is 0 Å². The minimum Gasteiger partial charge on any atom is -0.354 e. The topological polar surface area (TPSA) is 56.7 Å². The van der Waals surface area contributed by atoms with Gasteiger partial charge >= 0.3 is 0 Å². The fourth-order valence-electron chi connectivity index (χ4n) is 3.43. The maximum Gasteiger partial charge on any atom is 0.222 e. The first-order valence-electron chi connectivity index (χ1n) is 9.31. The largest absolute Gasteiger partial charge is 0.354 e. The van der Waals surface area contributed by atoms with Crippen LogP contribution in [0.15, 0.2) is 35.3 Å².